The van der Waals surface area contributed by atoms with Gasteiger partial charge in [0, 0.05) is 19.2 Å². The SMILES string of the molecule is O=C(NCCCc1nc2ccccc2s1)c1ncncc1Cl. The number of nitrogens with zero attached hydrogens (tertiary/aromatic N) is 3. The van der Waals surface area contributed by atoms with Gasteiger partial charge in [-0.3, -0.25) is 4.79 Å². The van der Waals surface area contributed by atoms with Gasteiger partial charge in [0.1, 0.15) is 12.0 Å². The Bertz CT molecular complexity index is 772. The fourth-order valence-electron chi connectivity index (χ4n) is 2.03. The topological polar surface area (TPSA) is 67.8 Å². The Balaban J connectivity index is 1.51. The van der Waals surface area contributed by atoms with Gasteiger partial charge in [0.15, 0.2) is 0 Å². The van der Waals surface area contributed by atoms with Crippen molar-refractivity contribution in [3.05, 3.63) is 52.5 Å². The predicted molar refractivity (Wildman–Crippen MR) is 87.3 cm³/mol. The largest absolute Gasteiger partial charge is 0.351 e. The molecule has 0 atom stereocenters. The van der Waals surface area contributed by atoms with Crippen LogP contribution in [-0.4, -0.2) is 27.4 Å². The molecule has 0 aliphatic carbocycles. The number of benzene rings is 1. The van der Waals surface area contributed by atoms with Gasteiger partial charge in [0.25, 0.3) is 5.91 Å². The van der Waals surface area contributed by atoms with Gasteiger partial charge >= 0.3 is 0 Å². The van der Waals surface area contributed by atoms with Crippen molar-refractivity contribution < 1.29 is 4.79 Å². The van der Waals surface area contributed by atoms with E-state index in [2.05, 4.69) is 26.3 Å². The minimum atomic E-state index is -0.281. The van der Waals surface area contributed by atoms with E-state index >= 15 is 0 Å². The van der Waals surface area contributed by atoms with E-state index in [0.29, 0.717) is 6.54 Å². The van der Waals surface area contributed by atoms with Gasteiger partial charge in [-0.2, -0.15) is 0 Å². The third-order valence-electron chi connectivity index (χ3n) is 3.07. The lowest BCUT2D eigenvalue weighted by molar-refractivity contribution is 0.0948. The molecule has 7 heteroatoms. The van der Waals surface area contributed by atoms with Crippen LogP contribution in [0.3, 0.4) is 0 Å². The highest BCUT2D eigenvalue weighted by Gasteiger charge is 2.11. The normalized spacial score (nSPS) is 10.8. The first-order valence-electron chi connectivity index (χ1n) is 6.82. The lowest BCUT2D eigenvalue weighted by Gasteiger charge is -2.04. The van der Waals surface area contributed by atoms with E-state index in [-0.39, 0.29) is 16.6 Å². The molecule has 1 aromatic carbocycles. The van der Waals surface area contributed by atoms with E-state index in [1.165, 1.54) is 17.2 Å². The Morgan fingerprint density at radius 2 is 2.18 bits per heavy atom. The Morgan fingerprint density at radius 3 is 3.00 bits per heavy atom. The summed E-state index contributed by atoms with van der Waals surface area (Å²) < 4.78 is 1.19. The smallest absolute Gasteiger partial charge is 0.271 e. The Labute approximate surface area is 136 Å². The standard InChI is InChI=1S/C15H13ClN4OS/c16-10-8-17-9-19-14(10)15(21)18-7-3-6-13-20-11-4-1-2-5-12(11)22-13/h1-2,4-5,8-9H,3,6-7H2,(H,18,21). The van der Waals surface area contributed by atoms with Crippen LogP contribution >= 0.6 is 22.9 Å². The number of carbonyl (C=O) groups is 1. The summed E-state index contributed by atoms with van der Waals surface area (Å²) in [5, 5.41) is 4.14. The van der Waals surface area contributed by atoms with Crippen molar-refractivity contribution in [1.29, 1.82) is 0 Å². The second-order valence-electron chi connectivity index (χ2n) is 4.65. The second kappa shape index (κ2) is 6.81. The summed E-state index contributed by atoms with van der Waals surface area (Å²) in [7, 11) is 0. The molecule has 5 nitrogen and oxygen atoms in total. The predicted octanol–water partition coefficient (Wildman–Crippen LogP) is 3.10. The van der Waals surface area contributed by atoms with Gasteiger partial charge in [-0.15, -0.1) is 11.3 Å². The van der Waals surface area contributed by atoms with Gasteiger partial charge < -0.3 is 5.32 Å². The van der Waals surface area contributed by atoms with E-state index in [0.717, 1.165) is 23.4 Å². The number of hydrogen-bond donors (Lipinski definition) is 1. The Hall–Kier alpha value is -2.05. The lowest BCUT2D eigenvalue weighted by atomic mass is 10.3. The minimum Gasteiger partial charge on any atom is -0.351 e. The van der Waals surface area contributed by atoms with Crippen molar-refractivity contribution in [1.82, 2.24) is 20.3 Å². The highest BCUT2D eigenvalue weighted by molar-refractivity contribution is 7.18. The van der Waals surface area contributed by atoms with Gasteiger partial charge in [0.2, 0.25) is 0 Å². The number of halogens is 1. The van der Waals surface area contributed by atoms with Gasteiger partial charge in [-0.25, -0.2) is 15.0 Å². The monoisotopic (exact) mass is 332 g/mol. The fraction of sp³-hybridized carbons (Fsp3) is 0.200. The Morgan fingerprint density at radius 1 is 1.32 bits per heavy atom. The molecule has 22 heavy (non-hydrogen) atoms. The highest BCUT2D eigenvalue weighted by Crippen LogP contribution is 2.22. The second-order valence-corrected chi connectivity index (χ2v) is 6.18. The summed E-state index contributed by atoms with van der Waals surface area (Å²) in [6.07, 6.45) is 4.36. The van der Waals surface area contributed by atoms with Crippen LogP contribution in [0.15, 0.2) is 36.8 Å². The van der Waals surface area contributed by atoms with Crippen molar-refractivity contribution in [2.24, 2.45) is 0 Å². The van der Waals surface area contributed by atoms with Gasteiger partial charge in [-0.1, -0.05) is 23.7 Å². The van der Waals surface area contributed by atoms with Crippen LogP contribution in [0, 0.1) is 0 Å². The molecule has 0 aliphatic heterocycles. The number of carbonyl (C=O) groups excluding carboxylic acids is 1. The zero-order valence-corrected chi connectivity index (χ0v) is 13.2. The minimum absolute atomic E-state index is 0.205. The molecule has 0 saturated carbocycles. The molecule has 112 valence electrons. The molecular weight excluding hydrogens is 320 g/mol. The highest BCUT2D eigenvalue weighted by atomic mass is 35.5. The zero-order valence-electron chi connectivity index (χ0n) is 11.6. The average molecular weight is 333 g/mol. The number of fused-ring (bicyclic) bond motifs is 1. The van der Waals surface area contributed by atoms with Crippen LogP contribution < -0.4 is 5.32 Å². The number of nitrogens with one attached hydrogen (secondary N) is 1. The molecule has 0 saturated heterocycles. The summed E-state index contributed by atoms with van der Waals surface area (Å²) in [5.41, 5.74) is 1.23. The number of para-hydroxylation sites is 1. The molecule has 0 radical (unpaired) electrons. The number of amides is 1. The number of thiazole rings is 1. The summed E-state index contributed by atoms with van der Waals surface area (Å²) in [6, 6.07) is 8.07. The summed E-state index contributed by atoms with van der Waals surface area (Å²) in [6.45, 7) is 0.551. The van der Waals surface area contributed by atoms with Crippen molar-refractivity contribution in [3.8, 4) is 0 Å². The molecule has 3 aromatic rings. The first kappa shape index (κ1) is 14.9. The van der Waals surface area contributed by atoms with Gasteiger partial charge in [0.05, 0.1) is 20.2 Å². The zero-order chi connectivity index (χ0) is 15.4. The summed E-state index contributed by atoms with van der Waals surface area (Å²) >= 11 is 7.57. The number of rotatable bonds is 5. The van der Waals surface area contributed by atoms with Crippen LogP contribution in [0.5, 0.6) is 0 Å². The quantitative estimate of drug-likeness (QED) is 0.729. The molecule has 0 bridgehead atoms. The molecule has 0 spiro atoms. The summed E-state index contributed by atoms with van der Waals surface area (Å²) in [5.74, 6) is -0.281. The van der Waals surface area contributed by atoms with E-state index in [1.54, 1.807) is 11.3 Å². The van der Waals surface area contributed by atoms with Crippen molar-refractivity contribution in [2.45, 2.75) is 12.8 Å². The molecule has 2 aromatic heterocycles. The van der Waals surface area contributed by atoms with Crippen LogP contribution in [-0.2, 0) is 6.42 Å². The van der Waals surface area contributed by atoms with E-state index in [1.807, 2.05) is 18.2 Å². The molecule has 0 unspecified atom stereocenters. The maximum atomic E-state index is 11.9. The Kier molecular flexibility index (Phi) is 4.60. The van der Waals surface area contributed by atoms with E-state index in [4.69, 9.17) is 11.6 Å². The van der Waals surface area contributed by atoms with Crippen LogP contribution in [0.4, 0.5) is 0 Å². The summed E-state index contributed by atoms with van der Waals surface area (Å²) in [4.78, 5) is 24.1. The number of aryl methyl sites for hydroxylation is 1. The van der Waals surface area contributed by atoms with Crippen LogP contribution in [0.25, 0.3) is 10.2 Å². The van der Waals surface area contributed by atoms with E-state index < -0.39 is 0 Å². The molecule has 0 fully saturated rings. The third-order valence-corrected chi connectivity index (χ3v) is 4.45. The van der Waals surface area contributed by atoms with Crippen LogP contribution in [0.2, 0.25) is 5.02 Å². The maximum Gasteiger partial charge on any atom is 0.271 e. The lowest BCUT2D eigenvalue weighted by Crippen LogP contribution is -2.26. The average Bonchev–Trinajstić information content (AvgIpc) is 2.94. The van der Waals surface area contributed by atoms with Crippen molar-refractivity contribution in [2.75, 3.05) is 6.54 Å². The number of hydrogen-bond acceptors (Lipinski definition) is 5. The molecule has 2 heterocycles. The maximum absolute atomic E-state index is 11.9. The van der Waals surface area contributed by atoms with Crippen molar-refractivity contribution in [3.63, 3.8) is 0 Å². The molecule has 3 rings (SSSR count). The van der Waals surface area contributed by atoms with Gasteiger partial charge in [-0.05, 0) is 18.6 Å². The molecule has 1 amide bonds. The van der Waals surface area contributed by atoms with E-state index in [9.17, 15) is 4.79 Å². The fourth-order valence-corrected chi connectivity index (χ4v) is 3.23. The van der Waals surface area contributed by atoms with Crippen molar-refractivity contribution >= 4 is 39.1 Å². The number of aromatic nitrogens is 3. The third kappa shape index (κ3) is 3.40. The first-order chi connectivity index (χ1) is 10.7. The molecule has 0 aliphatic rings. The molecular formula is C15H13ClN4OS. The molecule has 1 N–H and O–H groups in total. The first-order valence-corrected chi connectivity index (χ1v) is 8.01. The van der Waals surface area contributed by atoms with Crippen LogP contribution in [0.1, 0.15) is 21.9 Å².